The largest absolute Gasteiger partial charge is 0.445 e. The van der Waals surface area contributed by atoms with Crippen LogP contribution in [0.25, 0.3) is 0 Å². The molecule has 1 atom stereocenters. The molecule has 0 fully saturated rings. The van der Waals surface area contributed by atoms with E-state index in [1.807, 2.05) is 54.0 Å². The molecule has 0 heterocycles. The smallest absolute Gasteiger partial charge is 0.407 e. The summed E-state index contributed by atoms with van der Waals surface area (Å²) in [4.78, 5) is 47.3. The second kappa shape index (κ2) is 13.8. The highest BCUT2D eigenvalue weighted by Gasteiger charge is 2.21. The van der Waals surface area contributed by atoms with Gasteiger partial charge >= 0.3 is 12.1 Å². The average molecular weight is 454 g/mol. The molecule has 0 saturated heterocycles. The standard InChI is InChI=1S/C22H26N6O5/c23-21(31)28-26-12-11-24-20(30)18(13-16-7-3-1-4-8-16)27-19(29)14-25-22(32)33-15-17-9-5-2-6-10-17/h1-10,12,18H,11,13-15H2,(H,24,30)(H,25,32)(H,27,29)(H3,23,28,31)/t18-/m1/s1. The fourth-order valence-electron chi connectivity index (χ4n) is 2.66. The molecule has 5 amide bonds. The number of hydrogen-bond donors (Lipinski definition) is 5. The Morgan fingerprint density at radius 3 is 2.21 bits per heavy atom. The number of primary amides is 1. The van der Waals surface area contributed by atoms with Crippen LogP contribution in [0.4, 0.5) is 9.59 Å². The van der Waals surface area contributed by atoms with Gasteiger partial charge in [-0.1, -0.05) is 60.7 Å². The van der Waals surface area contributed by atoms with Crippen LogP contribution in [-0.2, 0) is 27.4 Å². The van der Waals surface area contributed by atoms with E-state index in [2.05, 4.69) is 21.1 Å². The van der Waals surface area contributed by atoms with Crippen molar-refractivity contribution in [1.29, 1.82) is 0 Å². The SMILES string of the molecule is NC(=O)NN=CCNC(=O)[C@@H](Cc1ccccc1)NC(=O)CNC(=O)OCc1ccccc1. The quantitative estimate of drug-likeness (QED) is 0.245. The fourth-order valence-corrected chi connectivity index (χ4v) is 2.66. The van der Waals surface area contributed by atoms with E-state index in [9.17, 15) is 19.2 Å². The minimum absolute atomic E-state index is 0.00430. The van der Waals surface area contributed by atoms with Crippen LogP contribution >= 0.6 is 0 Å². The number of nitrogens with two attached hydrogens (primary N) is 1. The zero-order valence-corrected chi connectivity index (χ0v) is 17.8. The van der Waals surface area contributed by atoms with E-state index < -0.39 is 30.0 Å². The van der Waals surface area contributed by atoms with Gasteiger partial charge in [-0.05, 0) is 11.1 Å². The van der Waals surface area contributed by atoms with Crippen LogP contribution in [0, 0.1) is 0 Å². The third-order valence-corrected chi connectivity index (χ3v) is 4.17. The van der Waals surface area contributed by atoms with Gasteiger partial charge in [0, 0.05) is 12.6 Å². The van der Waals surface area contributed by atoms with E-state index in [-0.39, 0.29) is 26.1 Å². The van der Waals surface area contributed by atoms with Crippen molar-refractivity contribution in [1.82, 2.24) is 21.4 Å². The van der Waals surface area contributed by atoms with Gasteiger partial charge in [0.05, 0.1) is 6.54 Å². The van der Waals surface area contributed by atoms with Crippen molar-refractivity contribution in [2.45, 2.75) is 19.1 Å². The molecule has 2 rings (SSSR count). The predicted octanol–water partition coefficient (Wildman–Crippen LogP) is 0.411. The summed E-state index contributed by atoms with van der Waals surface area (Å²) < 4.78 is 5.06. The van der Waals surface area contributed by atoms with Gasteiger partial charge in [0.15, 0.2) is 0 Å². The lowest BCUT2D eigenvalue weighted by atomic mass is 10.1. The molecule has 33 heavy (non-hydrogen) atoms. The first-order valence-corrected chi connectivity index (χ1v) is 10.1. The molecule has 174 valence electrons. The number of nitrogens with one attached hydrogen (secondary N) is 4. The Labute approximate surface area is 190 Å². The van der Waals surface area contributed by atoms with Crippen LogP contribution in [0.1, 0.15) is 11.1 Å². The molecule has 0 spiro atoms. The van der Waals surface area contributed by atoms with Crippen molar-refractivity contribution in [2.75, 3.05) is 13.1 Å². The zero-order chi connectivity index (χ0) is 23.9. The van der Waals surface area contributed by atoms with Gasteiger partial charge < -0.3 is 26.4 Å². The molecular formula is C22H26N6O5. The first-order chi connectivity index (χ1) is 15.9. The maximum absolute atomic E-state index is 12.6. The van der Waals surface area contributed by atoms with Crippen LogP contribution in [0.5, 0.6) is 0 Å². The Balaban J connectivity index is 1.85. The van der Waals surface area contributed by atoms with Crippen LogP contribution in [0.2, 0.25) is 0 Å². The molecule has 0 aliphatic rings. The van der Waals surface area contributed by atoms with Crippen LogP contribution in [0.3, 0.4) is 0 Å². The molecule has 0 saturated carbocycles. The number of benzene rings is 2. The number of ether oxygens (including phenoxy) is 1. The number of hydrogen-bond acceptors (Lipinski definition) is 6. The number of carbonyl (C=O) groups is 4. The highest BCUT2D eigenvalue weighted by atomic mass is 16.5. The Morgan fingerprint density at radius 1 is 0.939 bits per heavy atom. The van der Waals surface area contributed by atoms with Gasteiger partial charge in [-0.15, -0.1) is 0 Å². The lowest BCUT2D eigenvalue weighted by Crippen LogP contribution is -2.50. The van der Waals surface area contributed by atoms with Crippen LogP contribution < -0.4 is 27.1 Å². The lowest BCUT2D eigenvalue weighted by molar-refractivity contribution is -0.128. The Hall–Kier alpha value is -4.41. The Bertz CT molecular complexity index is 952. The van der Waals surface area contributed by atoms with E-state index in [0.29, 0.717) is 0 Å². The molecule has 2 aromatic rings. The summed E-state index contributed by atoms with van der Waals surface area (Å²) in [7, 11) is 0. The number of rotatable bonds is 11. The third-order valence-electron chi connectivity index (χ3n) is 4.17. The molecule has 0 bridgehead atoms. The molecule has 11 heteroatoms. The molecule has 0 aromatic heterocycles. The Morgan fingerprint density at radius 2 is 1.58 bits per heavy atom. The summed E-state index contributed by atoms with van der Waals surface area (Å²) in [6.45, 7) is -0.292. The minimum Gasteiger partial charge on any atom is -0.445 e. The van der Waals surface area contributed by atoms with Crippen LogP contribution in [0.15, 0.2) is 65.8 Å². The molecule has 0 radical (unpaired) electrons. The number of urea groups is 1. The third kappa shape index (κ3) is 10.4. The molecular weight excluding hydrogens is 428 g/mol. The van der Waals surface area contributed by atoms with Crippen molar-refractivity contribution >= 4 is 30.2 Å². The van der Waals surface area contributed by atoms with Gasteiger partial charge in [0.1, 0.15) is 19.2 Å². The van der Waals surface area contributed by atoms with Crippen molar-refractivity contribution in [3.8, 4) is 0 Å². The van der Waals surface area contributed by atoms with E-state index >= 15 is 0 Å². The minimum atomic E-state index is -0.903. The topological polar surface area (TPSA) is 164 Å². The summed E-state index contributed by atoms with van der Waals surface area (Å²) >= 11 is 0. The summed E-state index contributed by atoms with van der Waals surface area (Å²) in [5.74, 6) is -1.03. The van der Waals surface area contributed by atoms with E-state index in [1.54, 1.807) is 12.1 Å². The predicted molar refractivity (Wildman–Crippen MR) is 121 cm³/mol. The van der Waals surface area contributed by atoms with Crippen molar-refractivity contribution < 1.29 is 23.9 Å². The van der Waals surface area contributed by atoms with Gasteiger partial charge in [-0.3, -0.25) is 9.59 Å². The average Bonchev–Trinajstić information content (AvgIpc) is 2.81. The first-order valence-electron chi connectivity index (χ1n) is 10.1. The van der Waals surface area contributed by atoms with Crippen molar-refractivity contribution in [3.05, 3.63) is 71.8 Å². The van der Waals surface area contributed by atoms with E-state index in [1.165, 1.54) is 6.21 Å². The maximum atomic E-state index is 12.6. The monoisotopic (exact) mass is 454 g/mol. The first kappa shape index (κ1) is 24.9. The van der Waals surface area contributed by atoms with Crippen molar-refractivity contribution in [3.63, 3.8) is 0 Å². The zero-order valence-electron chi connectivity index (χ0n) is 17.8. The lowest BCUT2D eigenvalue weighted by Gasteiger charge is -2.18. The number of nitrogens with zero attached hydrogens (tertiary/aromatic N) is 1. The number of amides is 5. The normalized spacial score (nSPS) is 11.3. The fraction of sp³-hybridized carbons (Fsp3) is 0.227. The molecule has 11 nitrogen and oxygen atoms in total. The second-order valence-electron chi connectivity index (χ2n) is 6.76. The van der Waals surface area contributed by atoms with Crippen molar-refractivity contribution in [2.24, 2.45) is 10.8 Å². The highest BCUT2D eigenvalue weighted by molar-refractivity contribution is 5.90. The summed E-state index contributed by atoms with van der Waals surface area (Å²) in [5, 5.41) is 11.1. The van der Waals surface area contributed by atoms with Gasteiger partial charge in [0.25, 0.3) is 0 Å². The van der Waals surface area contributed by atoms with Crippen LogP contribution in [-0.4, -0.2) is 49.3 Å². The Kier molecular flexibility index (Phi) is 10.4. The number of alkyl carbamates (subject to hydrolysis) is 1. The molecule has 2 aromatic carbocycles. The second-order valence-corrected chi connectivity index (χ2v) is 6.76. The molecule has 0 aliphatic heterocycles. The summed E-state index contributed by atoms with van der Waals surface area (Å²) in [5.41, 5.74) is 8.53. The molecule has 0 unspecified atom stereocenters. The van der Waals surface area contributed by atoms with Gasteiger partial charge in [0.2, 0.25) is 11.8 Å². The molecule has 6 N–H and O–H groups in total. The summed E-state index contributed by atoms with van der Waals surface area (Å²) in [6.07, 6.45) is 0.721. The summed E-state index contributed by atoms with van der Waals surface area (Å²) in [6, 6.07) is 16.5. The maximum Gasteiger partial charge on any atom is 0.407 e. The van der Waals surface area contributed by atoms with Gasteiger partial charge in [-0.25, -0.2) is 15.0 Å². The van der Waals surface area contributed by atoms with E-state index in [4.69, 9.17) is 10.5 Å². The number of carbonyl (C=O) groups excluding carboxylic acids is 4. The highest BCUT2D eigenvalue weighted by Crippen LogP contribution is 2.04. The molecule has 0 aliphatic carbocycles. The van der Waals surface area contributed by atoms with E-state index in [0.717, 1.165) is 11.1 Å². The van der Waals surface area contributed by atoms with Gasteiger partial charge in [-0.2, -0.15) is 5.10 Å². The number of hydrazone groups is 1.